The van der Waals surface area contributed by atoms with Crippen molar-refractivity contribution in [2.24, 2.45) is 11.8 Å². The molecule has 3 unspecified atom stereocenters. The van der Waals surface area contributed by atoms with Gasteiger partial charge >= 0.3 is 0 Å². The molecule has 0 spiro atoms. The minimum atomic E-state index is -0.936. The van der Waals surface area contributed by atoms with Gasteiger partial charge in [-0.1, -0.05) is 84.4 Å². The van der Waals surface area contributed by atoms with Gasteiger partial charge in [0.05, 0.1) is 18.9 Å². The normalized spacial score (nSPS) is 16.4. The van der Waals surface area contributed by atoms with Crippen LogP contribution in [0.25, 0.3) is 10.9 Å². The molecule has 0 bridgehead atoms. The molecule has 5 nitrogen and oxygen atoms in total. The van der Waals surface area contributed by atoms with Crippen LogP contribution in [0.3, 0.4) is 0 Å². The number of carbonyl (C=O) groups excluding carboxylic acids is 2. The highest BCUT2D eigenvalue weighted by Crippen LogP contribution is 2.37. The van der Waals surface area contributed by atoms with Crippen molar-refractivity contribution in [3.05, 3.63) is 65.4 Å². The number of pyridine rings is 1. The number of fused-ring (bicyclic) bond motifs is 2. The monoisotopic (exact) mass is 529 g/mol. The second-order valence-electron chi connectivity index (χ2n) is 10.9. The van der Waals surface area contributed by atoms with Gasteiger partial charge in [-0.25, -0.2) is 4.98 Å². The fraction of sp³-hybridized carbons (Fsp3) is 0.500. The van der Waals surface area contributed by atoms with Crippen molar-refractivity contribution >= 4 is 22.5 Å². The number of unbranched alkanes of at least 4 members (excludes halogenated alkanes) is 2. The summed E-state index contributed by atoms with van der Waals surface area (Å²) in [5, 5.41) is 0.928. The number of hydrogen-bond acceptors (Lipinski definition) is 5. The van der Waals surface area contributed by atoms with Crippen molar-refractivity contribution in [2.45, 2.75) is 85.0 Å². The van der Waals surface area contributed by atoms with E-state index in [1.54, 1.807) is 24.3 Å². The standard InChI is InChI=1S/C34H43NO4/c1-5-9-12-23(7-3)21-38-26-17-18-27-28(20-26)34(37)31(33(27)36)29-19-16-25-14-11-15-30(32(25)35-29)39-22-24(8-4)13-10-6-2/h11,14-20,23-24,31H,5-10,12-13,21-22H2,1-4H3. The van der Waals surface area contributed by atoms with Gasteiger partial charge in [0.2, 0.25) is 0 Å². The molecule has 3 atom stereocenters. The predicted octanol–water partition coefficient (Wildman–Crippen LogP) is 8.59. The number of ketones is 2. The van der Waals surface area contributed by atoms with E-state index in [2.05, 4.69) is 27.7 Å². The SMILES string of the molecule is CCCCC(CC)COc1ccc2c(c1)C(=O)C(c1ccc3cccc(OCC(CC)CCCC)c3n1)C2=O. The third kappa shape index (κ3) is 6.69. The zero-order chi connectivity index (χ0) is 27.8. The number of carbonyl (C=O) groups is 2. The van der Waals surface area contributed by atoms with Gasteiger partial charge in [-0.05, 0) is 55.0 Å². The molecule has 3 aromatic rings. The van der Waals surface area contributed by atoms with Crippen LogP contribution in [0.4, 0.5) is 0 Å². The second kappa shape index (κ2) is 13.7. The van der Waals surface area contributed by atoms with Crippen LogP contribution in [0.1, 0.15) is 111 Å². The van der Waals surface area contributed by atoms with Crippen LogP contribution in [0.5, 0.6) is 11.5 Å². The van der Waals surface area contributed by atoms with Crippen molar-refractivity contribution in [1.29, 1.82) is 0 Å². The summed E-state index contributed by atoms with van der Waals surface area (Å²) in [7, 11) is 0. The molecule has 208 valence electrons. The van der Waals surface area contributed by atoms with E-state index in [4.69, 9.17) is 14.5 Å². The van der Waals surface area contributed by atoms with Crippen LogP contribution >= 0.6 is 0 Å². The molecule has 2 aromatic carbocycles. The van der Waals surface area contributed by atoms with E-state index in [1.807, 2.05) is 24.3 Å². The molecule has 39 heavy (non-hydrogen) atoms. The van der Waals surface area contributed by atoms with E-state index >= 15 is 0 Å². The minimum Gasteiger partial charge on any atom is -0.493 e. The number of benzene rings is 2. The molecular weight excluding hydrogens is 486 g/mol. The van der Waals surface area contributed by atoms with E-state index in [1.165, 1.54) is 25.7 Å². The van der Waals surface area contributed by atoms with E-state index in [0.29, 0.717) is 58.9 Å². The predicted molar refractivity (Wildman–Crippen MR) is 157 cm³/mol. The fourth-order valence-electron chi connectivity index (χ4n) is 5.36. The number of aromatic nitrogens is 1. The highest BCUT2D eigenvalue weighted by atomic mass is 16.5. The first kappa shape index (κ1) is 28.8. The molecule has 0 saturated carbocycles. The summed E-state index contributed by atoms with van der Waals surface area (Å²) < 4.78 is 12.3. The molecule has 4 rings (SSSR count). The Morgan fingerprint density at radius 1 is 0.769 bits per heavy atom. The van der Waals surface area contributed by atoms with Crippen LogP contribution in [0, 0.1) is 11.8 Å². The van der Waals surface area contributed by atoms with Crippen molar-refractivity contribution < 1.29 is 19.1 Å². The molecule has 0 N–H and O–H groups in total. The van der Waals surface area contributed by atoms with Crippen LogP contribution in [0.15, 0.2) is 48.5 Å². The third-order valence-corrected chi connectivity index (χ3v) is 8.09. The summed E-state index contributed by atoms with van der Waals surface area (Å²) in [6.45, 7) is 10.0. The second-order valence-corrected chi connectivity index (χ2v) is 10.9. The molecule has 0 aliphatic heterocycles. The number of Topliss-reactive ketones (excluding diaryl/α,β-unsaturated/α-hetero) is 2. The minimum absolute atomic E-state index is 0.202. The molecule has 1 aliphatic rings. The summed E-state index contributed by atoms with van der Waals surface area (Å²) in [6, 6.07) is 14.9. The summed E-state index contributed by atoms with van der Waals surface area (Å²) in [6.07, 6.45) is 9.12. The number of nitrogens with zero attached hydrogens (tertiary/aromatic N) is 1. The van der Waals surface area contributed by atoms with Gasteiger partial charge in [-0.2, -0.15) is 0 Å². The molecule has 1 aliphatic carbocycles. The maximum absolute atomic E-state index is 13.5. The lowest BCUT2D eigenvalue weighted by molar-refractivity contribution is 0.0888. The van der Waals surface area contributed by atoms with Crippen LogP contribution in [0.2, 0.25) is 0 Å². The molecule has 0 fully saturated rings. The van der Waals surface area contributed by atoms with E-state index in [-0.39, 0.29) is 11.6 Å². The van der Waals surface area contributed by atoms with Crippen LogP contribution in [-0.2, 0) is 0 Å². The molecule has 1 aromatic heterocycles. The van der Waals surface area contributed by atoms with Gasteiger partial charge < -0.3 is 9.47 Å². The quantitative estimate of drug-likeness (QED) is 0.184. The summed E-state index contributed by atoms with van der Waals surface area (Å²) in [5.74, 6) is 0.965. The zero-order valence-corrected chi connectivity index (χ0v) is 24.0. The van der Waals surface area contributed by atoms with Gasteiger partial charge in [0.1, 0.15) is 22.9 Å². The molecule has 0 radical (unpaired) electrons. The lowest BCUT2D eigenvalue weighted by Gasteiger charge is -2.17. The molecule has 0 amide bonds. The lowest BCUT2D eigenvalue weighted by Crippen LogP contribution is -2.15. The summed E-state index contributed by atoms with van der Waals surface area (Å²) in [5.41, 5.74) is 2.04. The van der Waals surface area contributed by atoms with E-state index < -0.39 is 5.92 Å². The first-order valence-corrected chi connectivity index (χ1v) is 14.9. The van der Waals surface area contributed by atoms with Crippen LogP contribution in [-0.4, -0.2) is 29.8 Å². The van der Waals surface area contributed by atoms with Gasteiger partial charge in [-0.15, -0.1) is 0 Å². The van der Waals surface area contributed by atoms with Gasteiger partial charge in [-0.3, -0.25) is 9.59 Å². The Balaban J connectivity index is 1.53. The Morgan fingerprint density at radius 2 is 1.44 bits per heavy atom. The highest BCUT2D eigenvalue weighted by Gasteiger charge is 2.41. The first-order chi connectivity index (χ1) is 19.0. The Morgan fingerprint density at radius 3 is 2.10 bits per heavy atom. The van der Waals surface area contributed by atoms with Gasteiger partial charge in [0.15, 0.2) is 11.6 Å². The number of hydrogen-bond donors (Lipinski definition) is 0. The molecule has 0 saturated heterocycles. The molecule has 5 heteroatoms. The fourth-order valence-corrected chi connectivity index (χ4v) is 5.36. The zero-order valence-electron chi connectivity index (χ0n) is 24.0. The Bertz CT molecular complexity index is 1280. The largest absolute Gasteiger partial charge is 0.493 e. The Kier molecular flexibility index (Phi) is 10.1. The summed E-state index contributed by atoms with van der Waals surface area (Å²) in [4.78, 5) is 31.7. The third-order valence-electron chi connectivity index (χ3n) is 8.09. The Hall–Kier alpha value is -3.21. The smallest absolute Gasteiger partial charge is 0.180 e. The number of rotatable bonds is 15. The van der Waals surface area contributed by atoms with Crippen molar-refractivity contribution in [3.8, 4) is 11.5 Å². The average Bonchev–Trinajstić information content (AvgIpc) is 3.21. The van der Waals surface area contributed by atoms with E-state index in [9.17, 15) is 9.59 Å². The van der Waals surface area contributed by atoms with Crippen LogP contribution < -0.4 is 9.47 Å². The van der Waals surface area contributed by atoms with Crippen molar-refractivity contribution in [2.75, 3.05) is 13.2 Å². The highest BCUT2D eigenvalue weighted by molar-refractivity contribution is 6.29. The van der Waals surface area contributed by atoms with Crippen molar-refractivity contribution in [3.63, 3.8) is 0 Å². The maximum Gasteiger partial charge on any atom is 0.180 e. The first-order valence-electron chi connectivity index (χ1n) is 14.9. The topological polar surface area (TPSA) is 65.5 Å². The van der Waals surface area contributed by atoms with Gasteiger partial charge in [0, 0.05) is 16.5 Å². The van der Waals surface area contributed by atoms with Crippen molar-refractivity contribution in [1.82, 2.24) is 4.98 Å². The molecule has 1 heterocycles. The average molecular weight is 530 g/mol. The maximum atomic E-state index is 13.5. The van der Waals surface area contributed by atoms with Gasteiger partial charge in [0.25, 0.3) is 0 Å². The summed E-state index contributed by atoms with van der Waals surface area (Å²) >= 11 is 0. The lowest BCUT2D eigenvalue weighted by atomic mass is 9.98. The molecular formula is C34H43NO4. The van der Waals surface area contributed by atoms with E-state index in [0.717, 1.165) is 31.1 Å². The number of para-hydroxylation sites is 1. The number of ether oxygens (including phenoxy) is 2. The Labute approximate surface area is 233 Å².